The van der Waals surface area contributed by atoms with Gasteiger partial charge in [0.1, 0.15) is 5.60 Å². The zero-order valence-corrected chi connectivity index (χ0v) is 12.6. The average Bonchev–Trinajstić information content (AvgIpc) is 2.37. The molecule has 0 saturated heterocycles. The minimum Gasteiger partial charge on any atom is -0.378 e. The molecule has 20 heavy (non-hydrogen) atoms. The third-order valence-electron chi connectivity index (χ3n) is 3.53. The summed E-state index contributed by atoms with van der Waals surface area (Å²) in [7, 11) is -2.02. The van der Waals surface area contributed by atoms with Crippen LogP contribution in [0.2, 0.25) is 0 Å². The first kappa shape index (κ1) is 15.0. The van der Waals surface area contributed by atoms with E-state index in [0.717, 1.165) is 12.0 Å². The number of hydrogen-bond acceptors (Lipinski definition) is 3. The maximum Gasteiger partial charge on any atom is 0.243 e. The fourth-order valence-electron chi connectivity index (χ4n) is 1.93. The van der Waals surface area contributed by atoms with Gasteiger partial charge in [0.15, 0.2) is 0 Å². The van der Waals surface area contributed by atoms with E-state index in [1.54, 1.807) is 24.3 Å². The van der Waals surface area contributed by atoms with E-state index in [-0.39, 0.29) is 11.4 Å². The summed E-state index contributed by atoms with van der Waals surface area (Å²) in [6.45, 7) is 1.99. The summed E-state index contributed by atoms with van der Waals surface area (Å²) in [5.41, 5.74) is 0.118. The van der Waals surface area contributed by atoms with E-state index in [1.807, 2.05) is 6.92 Å². The second-order valence-corrected chi connectivity index (χ2v) is 7.31. The number of aryl methyl sites for hydroxylation is 1. The Balaban J connectivity index is 2.07. The first-order valence-electron chi connectivity index (χ1n) is 6.59. The molecule has 1 aromatic carbocycles. The van der Waals surface area contributed by atoms with E-state index < -0.39 is 15.6 Å². The van der Waals surface area contributed by atoms with Crippen LogP contribution >= 0.6 is 0 Å². The third kappa shape index (κ3) is 3.21. The maximum absolute atomic E-state index is 12.3. The highest BCUT2D eigenvalue weighted by molar-refractivity contribution is 7.89. The van der Waals surface area contributed by atoms with E-state index in [9.17, 15) is 13.5 Å². The molecule has 0 bridgehead atoms. The molecule has 1 saturated carbocycles. The first-order chi connectivity index (χ1) is 9.33. The molecule has 2 rings (SSSR count). The van der Waals surface area contributed by atoms with Crippen molar-refractivity contribution < 1.29 is 13.5 Å². The Morgan fingerprint density at radius 1 is 1.30 bits per heavy atom. The zero-order valence-electron chi connectivity index (χ0n) is 11.8. The van der Waals surface area contributed by atoms with Crippen molar-refractivity contribution in [1.82, 2.24) is 4.31 Å². The number of hydrogen-bond donors (Lipinski definition) is 1. The van der Waals surface area contributed by atoms with Crippen LogP contribution < -0.4 is 0 Å². The monoisotopic (exact) mass is 293 g/mol. The normalized spacial score (nSPS) is 17.2. The Hall–Kier alpha value is -1.35. The molecule has 1 N–H and O–H groups in total. The molecule has 5 heteroatoms. The predicted octanol–water partition coefficient (Wildman–Crippen LogP) is 1.53. The number of sulfonamides is 1. The van der Waals surface area contributed by atoms with E-state index in [2.05, 4.69) is 11.8 Å². The lowest BCUT2D eigenvalue weighted by molar-refractivity contribution is 0.0238. The van der Waals surface area contributed by atoms with Gasteiger partial charge in [0.25, 0.3) is 0 Å². The quantitative estimate of drug-likeness (QED) is 0.860. The highest BCUT2D eigenvalue weighted by atomic mass is 32.2. The third-order valence-corrected chi connectivity index (χ3v) is 5.35. The van der Waals surface area contributed by atoms with Crippen LogP contribution in [0.1, 0.15) is 24.8 Å². The fourth-order valence-corrected chi connectivity index (χ4v) is 3.00. The number of aliphatic hydroxyl groups is 1. The van der Waals surface area contributed by atoms with Gasteiger partial charge in [0.2, 0.25) is 10.0 Å². The molecule has 1 aliphatic carbocycles. The molecule has 0 spiro atoms. The van der Waals surface area contributed by atoms with Crippen LogP contribution in [0, 0.1) is 18.8 Å². The standard InChI is InChI=1S/C15H19NO3S/c1-13-5-7-14(8-6-13)20(18,19)16(2)12-4-11-15(17)9-3-10-15/h5-8,17H,3,9-10,12H2,1-2H3. The molecule has 1 fully saturated rings. The second-order valence-electron chi connectivity index (χ2n) is 5.26. The average molecular weight is 293 g/mol. The molecule has 0 heterocycles. The van der Waals surface area contributed by atoms with Crippen molar-refractivity contribution in [2.45, 2.75) is 36.7 Å². The molecule has 108 valence electrons. The molecule has 0 amide bonds. The predicted molar refractivity (Wildman–Crippen MR) is 77.6 cm³/mol. The van der Waals surface area contributed by atoms with Crippen LogP contribution in [0.5, 0.6) is 0 Å². The van der Waals surface area contributed by atoms with Gasteiger partial charge in [-0.15, -0.1) is 0 Å². The number of rotatable bonds is 3. The minimum absolute atomic E-state index is 0.0819. The highest BCUT2D eigenvalue weighted by Crippen LogP contribution is 2.30. The Morgan fingerprint density at radius 2 is 1.90 bits per heavy atom. The molecule has 4 nitrogen and oxygen atoms in total. The number of benzene rings is 1. The van der Waals surface area contributed by atoms with Gasteiger partial charge in [0.05, 0.1) is 11.4 Å². The summed E-state index contributed by atoms with van der Waals surface area (Å²) < 4.78 is 25.8. The van der Waals surface area contributed by atoms with Crippen LogP contribution in [0.25, 0.3) is 0 Å². The van der Waals surface area contributed by atoms with Crippen molar-refractivity contribution in [3.8, 4) is 11.8 Å². The van der Waals surface area contributed by atoms with Gasteiger partial charge in [-0.25, -0.2) is 8.42 Å². The van der Waals surface area contributed by atoms with Crippen molar-refractivity contribution in [2.75, 3.05) is 13.6 Å². The van der Waals surface area contributed by atoms with Gasteiger partial charge in [-0.2, -0.15) is 4.31 Å². The summed E-state index contributed by atoms with van der Waals surface area (Å²) in [6, 6.07) is 6.72. The van der Waals surface area contributed by atoms with Crippen LogP contribution in [-0.2, 0) is 10.0 Å². The lowest BCUT2D eigenvalue weighted by Gasteiger charge is -2.31. The van der Waals surface area contributed by atoms with Crippen molar-refractivity contribution in [2.24, 2.45) is 0 Å². The zero-order chi connectivity index (χ0) is 14.8. The van der Waals surface area contributed by atoms with Gasteiger partial charge in [-0.05, 0) is 38.3 Å². The molecule has 0 aromatic heterocycles. The van der Waals surface area contributed by atoms with E-state index in [0.29, 0.717) is 12.8 Å². The van der Waals surface area contributed by atoms with Gasteiger partial charge < -0.3 is 5.11 Å². The van der Waals surface area contributed by atoms with Crippen LogP contribution in [0.4, 0.5) is 0 Å². The summed E-state index contributed by atoms with van der Waals surface area (Å²) in [4.78, 5) is 0.259. The van der Waals surface area contributed by atoms with Gasteiger partial charge >= 0.3 is 0 Å². The van der Waals surface area contributed by atoms with Crippen molar-refractivity contribution in [3.05, 3.63) is 29.8 Å². The molecular weight excluding hydrogens is 274 g/mol. The fraction of sp³-hybridized carbons (Fsp3) is 0.467. The lowest BCUT2D eigenvalue weighted by atomic mass is 9.81. The smallest absolute Gasteiger partial charge is 0.243 e. The second kappa shape index (κ2) is 5.57. The van der Waals surface area contributed by atoms with Gasteiger partial charge in [-0.3, -0.25) is 0 Å². The first-order valence-corrected chi connectivity index (χ1v) is 8.03. The van der Waals surface area contributed by atoms with Crippen LogP contribution in [0.3, 0.4) is 0 Å². The minimum atomic E-state index is -3.51. The van der Waals surface area contributed by atoms with Crippen LogP contribution in [-0.4, -0.2) is 37.0 Å². The maximum atomic E-state index is 12.3. The summed E-state index contributed by atoms with van der Waals surface area (Å²) >= 11 is 0. The molecule has 0 unspecified atom stereocenters. The van der Waals surface area contributed by atoms with Gasteiger partial charge in [-0.1, -0.05) is 29.5 Å². The molecule has 0 radical (unpaired) electrons. The molecule has 0 aliphatic heterocycles. The molecule has 1 aliphatic rings. The molecule has 0 atom stereocenters. The largest absolute Gasteiger partial charge is 0.378 e. The Labute approximate surface area is 120 Å². The van der Waals surface area contributed by atoms with Crippen LogP contribution in [0.15, 0.2) is 29.2 Å². The molecule has 1 aromatic rings. The van der Waals surface area contributed by atoms with E-state index in [4.69, 9.17) is 0 Å². The Bertz CT molecular complexity index is 634. The van der Waals surface area contributed by atoms with E-state index >= 15 is 0 Å². The summed E-state index contributed by atoms with van der Waals surface area (Å²) in [5.74, 6) is 5.52. The van der Waals surface area contributed by atoms with Crippen molar-refractivity contribution >= 4 is 10.0 Å². The summed E-state index contributed by atoms with van der Waals surface area (Å²) in [6.07, 6.45) is 2.32. The molecular formula is C15H19NO3S. The topological polar surface area (TPSA) is 57.6 Å². The van der Waals surface area contributed by atoms with E-state index in [1.165, 1.54) is 11.4 Å². The van der Waals surface area contributed by atoms with Crippen molar-refractivity contribution in [3.63, 3.8) is 0 Å². The Morgan fingerprint density at radius 3 is 2.40 bits per heavy atom. The highest BCUT2D eigenvalue weighted by Gasteiger charge is 2.32. The SMILES string of the molecule is Cc1ccc(S(=O)(=O)N(C)CC#CC2(O)CCC2)cc1. The van der Waals surface area contributed by atoms with Gasteiger partial charge in [0, 0.05) is 7.05 Å². The summed E-state index contributed by atoms with van der Waals surface area (Å²) in [5, 5.41) is 9.83. The Kier molecular flexibility index (Phi) is 4.19. The number of nitrogens with zero attached hydrogens (tertiary/aromatic N) is 1. The van der Waals surface area contributed by atoms with Crippen molar-refractivity contribution in [1.29, 1.82) is 0 Å². The lowest BCUT2D eigenvalue weighted by Crippen LogP contribution is -2.35.